The zero-order chi connectivity index (χ0) is 24.7. The Hall–Kier alpha value is -3.67. The zero-order valence-electron chi connectivity index (χ0n) is 18.8. The van der Waals surface area contributed by atoms with E-state index in [2.05, 4.69) is 20.5 Å². The average Bonchev–Trinajstić information content (AvgIpc) is 2.81. The van der Waals surface area contributed by atoms with E-state index in [4.69, 9.17) is 14.0 Å². The highest BCUT2D eigenvalue weighted by Gasteiger charge is 2.10. The molecule has 10 nitrogen and oxygen atoms in total. The summed E-state index contributed by atoms with van der Waals surface area (Å²) in [7, 11) is -2.76. The Labute approximate surface area is 197 Å². The molecular formula is C23H24N4O6S. The van der Waals surface area contributed by atoms with Crippen LogP contribution < -0.4 is 9.47 Å². The van der Waals surface area contributed by atoms with Crippen LogP contribution in [0.5, 0.6) is 11.5 Å². The molecule has 178 valence electrons. The van der Waals surface area contributed by atoms with Gasteiger partial charge in [-0.2, -0.15) is 23.8 Å². The molecule has 0 heterocycles. The van der Waals surface area contributed by atoms with Crippen LogP contribution in [0.2, 0.25) is 0 Å². The molecule has 34 heavy (non-hydrogen) atoms. The molecule has 3 aromatic rings. The highest BCUT2D eigenvalue weighted by molar-refractivity contribution is 7.85. The third-order valence-corrected chi connectivity index (χ3v) is 5.37. The molecule has 0 aliphatic rings. The molecule has 0 fully saturated rings. The lowest BCUT2D eigenvalue weighted by Gasteiger charge is -2.08. The molecule has 0 aromatic heterocycles. The van der Waals surface area contributed by atoms with Crippen LogP contribution in [-0.2, 0) is 10.1 Å². The van der Waals surface area contributed by atoms with E-state index >= 15 is 0 Å². The normalized spacial score (nSPS) is 12.9. The van der Waals surface area contributed by atoms with Gasteiger partial charge in [-0.25, -0.2) is 0 Å². The fourth-order valence-electron chi connectivity index (χ4n) is 2.75. The molecule has 0 saturated carbocycles. The van der Waals surface area contributed by atoms with Gasteiger partial charge in [0.2, 0.25) is 0 Å². The van der Waals surface area contributed by atoms with Gasteiger partial charge in [-0.15, -0.1) is 5.11 Å². The number of hydrogen-bond donors (Lipinski definition) is 2. The molecule has 2 N–H and O–H groups in total. The Morgan fingerprint density at radius 2 is 1.44 bits per heavy atom. The molecule has 0 bridgehead atoms. The quantitative estimate of drug-likeness (QED) is 0.288. The molecule has 0 unspecified atom stereocenters. The van der Waals surface area contributed by atoms with E-state index < -0.39 is 16.2 Å². The molecule has 0 amide bonds. The van der Waals surface area contributed by atoms with Gasteiger partial charge in [-0.1, -0.05) is 0 Å². The van der Waals surface area contributed by atoms with Gasteiger partial charge < -0.3 is 14.6 Å². The summed E-state index contributed by atoms with van der Waals surface area (Å²) in [6.45, 7) is 3.69. The second-order valence-electron chi connectivity index (χ2n) is 7.33. The second kappa shape index (κ2) is 11.0. The van der Waals surface area contributed by atoms with E-state index in [1.54, 1.807) is 43.3 Å². The largest absolute Gasteiger partial charge is 0.494 e. The summed E-state index contributed by atoms with van der Waals surface area (Å²) in [5.41, 5.74) is 2.84. The van der Waals surface area contributed by atoms with Crippen LogP contribution in [0.1, 0.15) is 12.5 Å². The van der Waals surface area contributed by atoms with Gasteiger partial charge in [0.25, 0.3) is 10.1 Å². The Morgan fingerprint density at radius 1 is 0.882 bits per heavy atom. The summed E-state index contributed by atoms with van der Waals surface area (Å²) in [5, 5.41) is 26.1. The molecule has 11 heteroatoms. The molecular weight excluding hydrogens is 460 g/mol. The number of aliphatic hydroxyl groups is 1. The van der Waals surface area contributed by atoms with Crippen molar-refractivity contribution in [2.75, 3.05) is 13.7 Å². The van der Waals surface area contributed by atoms with Crippen molar-refractivity contribution in [2.45, 2.75) is 24.8 Å². The Bertz CT molecular complexity index is 1290. The maximum atomic E-state index is 11.1. The van der Waals surface area contributed by atoms with Crippen LogP contribution in [0.3, 0.4) is 0 Å². The summed E-state index contributed by atoms with van der Waals surface area (Å²) < 4.78 is 42.2. The Morgan fingerprint density at radius 3 is 1.97 bits per heavy atom. The first-order valence-electron chi connectivity index (χ1n) is 10.2. The topological polar surface area (TPSA) is 142 Å². The molecule has 0 aliphatic heterocycles. The van der Waals surface area contributed by atoms with Crippen molar-refractivity contribution < 1.29 is 27.6 Å². The van der Waals surface area contributed by atoms with Crippen molar-refractivity contribution in [1.82, 2.24) is 0 Å². The van der Waals surface area contributed by atoms with Crippen molar-refractivity contribution in [2.24, 2.45) is 20.5 Å². The third kappa shape index (κ3) is 6.91. The molecule has 1 atom stereocenters. The number of rotatable bonds is 9. The minimum atomic E-state index is -4.26. The monoisotopic (exact) mass is 484 g/mol. The van der Waals surface area contributed by atoms with Gasteiger partial charge in [-0.05, 0) is 74.0 Å². The molecule has 0 aliphatic carbocycles. The minimum Gasteiger partial charge on any atom is -0.494 e. The Balaban J connectivity index is 1.76. The average molecular weight is 485 g/mol. The number of methoxy groups -OCH3 is 1. The van der Waals surface area contributed by atoms with Gasteiger partial charge in [0.05, 0.1) is 35.2 Å². The maximum Gasteiger partial charge on any atom is 0.294 e. The molecule has 0 spiro atoms. The first-order chi connectivity index (χ1) is 16.2. The maximum absolute atomic E-state index is 11.1. The number of hydrogen-bond acceptors (Lipinski definition) is 9. The van der Waals surface area contributed by atoms with Crippen LogP contribution in [0, 0.1) is 6.92 Å². The van der Waals surface area contributed by atoms with E-state index in [1.165, 1.54) is 31.4 Å². The van der Waals surface area contributed by atoms with Gasteiger partial charge >= 0.3 is 0 Å². The minimum absolute atomic E-state index is 0.205. The summed E-state index contributed by atoms with van der Waals surface area (Å²) in [5.74, 6) is 1.07. The second-order valence-corrected chi connectivity index (χ2v) is 8.75. The summed E-state index contributed by atoms with van der Waals surface area (Å²) in [6.07, 6.45) is -0.553. The van der Waals surface area contributed by atoms with Gasteiger partial charge in [-0.3, -0.25) is 4.55 Å². The van der Waals surface area contributed by atoms with Crippen molar-refractivity contribution >= 4 is 32.9 Å². The van der Waals surface area contributed by atoms with E-state index in [0.29, 0.717) is 34.2 Å². The van der Waals surface area contributed by atoms with Crippen molar-refractivity contribution in [3.63, 3.8) is 0 Å². The van der Waals surface area contributed by atoms with Gasteiger partial charge in [0.15, 0.2) is 0 Å². The number of nitrogens with zero attached hydrogens (tertiary/aromatic N) is 4. The van der Waals surface area contributed by atoms with E-state index in [9.17, 15) is 13.5 Å². The first-order valence-corrected chi connectivity index (χ1v) is 11.6. The van der Waals surface area contributed by atoms with Crippen molar-refractivity contribution in [1.29, 1.82) is 0 Å². The van der Waals surface area contributed by atoms with Crippen LogP contribution in [0.25, 0.3) is 0 Å². The third-order valence-electron chi connectivity index (χ3n) is 4.51. The zero-order valence-corrected chi connectivity index (χ0v) is 19.6. The van der Waals surface area contributed by atoms with Crippen LogP contribution >= 0.6 is 0 Å². The van der Waals surface area contributed by atoms with E-state index in [1.807, 2.05) is 6.92 Å². The number of benzene rings is 3. The van der Waals surface area contributed by atoms with Gasteiger partial charge in [0, 0.05) is 6.07 Å². The number of aliphatic hydroxyl groups excluding tert-OH is 1. The number of ether oxygens (including phenoxy) is 2. The summed E-state index contributed by atoms with van der Waals surface area (Å²) >= 11 is 0. The number of aryl methyl sites for hydroxylation is 1. The Kier molecular flexibility index (Phi) is 8.05. The number of azo groups is 2. The SMILES string of the molecule is COc1cc(N=Nc2ccc(S(=O)(=O)O)cc2)c(C)cc1N=Nc1ccc(OC[C@H](C)O)cc1. The highest BCUT2D eigenvalue weighted by Crippen LogP contribution is 2.36. The predicted molar refractivity (Wildman–Crippen MR) is 126 cm³/mol. The van der Waals surface area contributed by atoms with Crippen LogP contribution in [0.15, 0.2) is 86.0 Å². The molecule has 3 aromatic carbocycles. The lowest BCUT2D eigenvalue weighted by molar-refractivity contribution is 0.123. The standard InChI is InChI=1S/C23H24N4O6S/c1-15-12-22(27-25-17-4-8-19(9-5-17)33-14-16(2)28)23(32-3)13-21(15)26-24-18-6-10-20(11-7-18)34(29,30)31/h4-13,16,28H,14H2,1-3H3,(H,29,30,31)/t16-/m0/s1. The van der Waals surface area contributed by atoms with E-state index in [0.717, 1.165) is 5.56 Å². The first kappa shape index (κ1) is 25.0. The van der Waals surface area contributed by atoms with Crippen molar-refractivity contribution in [3.05, 3.63) is 66.2 Å². The summed E-state index contributed by atoms with van der Waals surface area (Å²) in [6, 6.07) is 15.8. The highest BCUT2D eigenvalue weighted by atomic mass is 32.2. The fraction of sp³-hybridized carbons (Fsp3) is 0.217. The summed E-state index contributed by atoms with van der Waals surface area (Å²) in [4.78, 5) is -0.221. The predicted octanol–water partition coefficient (Wildman–Crippen LogP) is 5.84. The fourth-order valence-corrected chi connectivity index (χ4v) is 3.23. The van der Waals surface area contributed by atoms with Crippen LogP contribution in [-0.4, -0.2) is 37.9 Å². The van der Waals surface area contributed by atoms with Gasteiger partial charge in [0.1, 0.15) is 23.8 Å². The smallest absolute Gasteiger partial charge is 0.294 e. The molecule has 3 rings (SSSR count). The lowest BCUT2D eigenvalue weighted by atomic mass is 10.1. The van der Waals surface area contributed by atoms with Crippen LogP contribution in [0.4, 0.5) is 22.7 Å². The molecule has 0 radical (unpaired) electrons. The van der Waals surface area contributed by atoms with E-state index in [-0.39, 0.29) is 11.5 Å². The molecule has 0 saturated heterocycles. The van der Waals surface area contributed by atoms with Crippen molar-refractivity contribution in [3.8, 4) is 11.5 Å². The lowest BCUT2D eigenvalue weighted by Crippen LogP contribution is -2.12.